The fourth-order valence-electron chi connectivity index (χ4n) is 2.02. The summed E-state index contributed by atoms with van der Waals surface area (Å²) in [6.45, 7) is 2.10. The molecule has 0 aliphatic carbocycles. The van der Waals surface area contributed by atoms with E-state index >= 15 is 0 Å². The first-order valence-electron chi connectivity index (χ1n) is 5.57. The summed E-state index contributed by atoms with van der Waals surface area (Å²) in [5.41, 5.74) is 4.87. The number of hydrogen-bond donors (Lipinski definition) is 0. The highest BCUT2D eigenvalue weighted by atomic mass is 35.5. The van der Waals surface area contributed by atoms with E-state index in [4.69, 9.17) is 11.6 Å². The molecule has 0 fully saturated rings. The van der Waals surface area contributed by atoms with Crippen molar-refractivity contribution in [2.45, 2.75) is 6.92 Å². The predicted molar refractivity (Wildman–Crippen MR) is 72.6 cm³/mol. The summed E-state index contributed by atoms with van der Waals surface area (Å²) >= 11 is 5.89. The molecule has 0 amide bonds. The Balaban J connectivity index is 2.14. The van der Waals surface area contributed by atoms with Gasteiger partial charge in [0.2, 0.25) is 0 Å². The maximum Gasteiger partial charge on any atom is 0.0456 e. The van der Waals surface area contributed by atoms with E-state index in [0.717, 1.165) is 5.02 Å². The number of aryl methyl sites for hydroxylation is 1. The van der Waals surface area contributed by atoms with Crippen molar-refractivity contribution in [3.05, 3.63) is 65.4 Å². The number of aromatic nitrogens is 1. The Morgan fingerprint density at radius 3 is 2.41 bits per heavy atom. The van der Waals surface area contributed by atoms with Gasteiger partial charge in [0.25, 0.3) is 0 Å². The normalized spacial score (nSPS) is 10.9. The summed E-state index contributed by atoms with van der Waals surface area (Å²) < 4.78 is 2.15. The molecular formula is C15H12ClN. The van der Waals surface area contributed by atoms with Crippen LogP contribution in [-0.2, 0) is 0 Å². The average molecular weight is 242 g/mol. The van der Waals surface area contributed by atoms with Gasteiger partial charge in [-0.15, -0.1) is 0 Å². The fourth-order valence-corrected chi connectivity index (χ4v) is 2.15. The second-order valence-corrected chi connectivity index (χ2v) is 4.71. The first-order valence-corrected chi connectivity index (χ1v) is 5.94. The van der Waals surface area contributed by atoms with Gasteiger partial charge >= 0.3 is 0 Å². The van der Waals surface area contributed by atoms with E-state index in [0.29, 0.717) is 0 Å². The van der Waals surface area contributed by atoms with Crippen molar-refractivity contribution in [1.29, 1.82) is 0 Å². The molecule has 3 rings (SSSR count). The van der Waals surface area contributed by atoms with Crippen molar-refractivity contribution in [3.8, 4) is 11.1 Å². The monoisotopic (exact) mass is 241 g/mol. The third-order valence-electron chi connectivity index (χ3n) is 2.92. The second kappa shape index (κ2) is 3.94. The van der Waals surface area contributed by atoms with Crippen LogP contribution < -0.4 is 0 Å². The third kappa shape index (κ3) is 1.94. The van der Waals surface area contributed by atoms with E-state index in [1.165, 1.54) is 22.2 Å². The average Bonchev–Trinajstić information content (AvgIpc) is 2.72. The van der Waals surface area contributed by atoms with Gasteiger partial charge in [0.15, 0.2) is 0 Å². The first-order chi connectivity index (χ1) is 8.22. The third-order valence-corrected chi connectivity index (χ3v) is 3.17. The lowest BCUT2D eigenvalue weighted by molar-refractivity contribution is 1.17. The Morgan fingerprint density at radius 1 is 0.882 bits per heavy atom. The van der Waals surface area contributed by atoms with Crippen LogP contribution in [0.4, 0.5) is 0 Å². The molecule has 0 radical (unpaired) electrons. The van der Waals surface area contributed by atoms with Crippen molar-refractivity contribution in [2.24, 2.45) is 0 Å². The van der Waals surface area contributed by atoms with Crippen LogP contribution in [0.15, 0.2) is 54.9 Å². The molecule has 0 aliphatic rings. The molecule has 3 aromatic rings. The van der Waals surface area contributed by atoms with Crippen LogP contribution in [0.5, 0.6) is 0 Å². The molecule has 84 valence electrons. The van der Waals surface area contributed by atoms with Gasteiger partial charge < -0.3 is 4.40 Å². The maximum absolute atomic E-state index is 5.89. The maximum atomic E-state index is 5.89. The molecular weight excluding hydrogens is 230 g/mol. The highest BCUT2D eigenvalue weighted by Crippen LogP contribution is 2.24. The zero-order valence-electron chi connectivity index (χ0n) is 9.52. The largest absolute Gasteiger partial charge is 0.323 e. The number of halogens is 1. The molecule has 2 heteroatoms. The molecule has 1 nitrogen and oxygen atoms in total. The Bertz CT molecular complexity index is 665. The number of hydrogen-bond acceptors (Lipinski definition) is 0. The van der Waals surface area contributed by atoms with Crippen LogP contribution in [0, 0.1) is 6.92 Å². The Morgan fingerprint density at radius 2 is 1.65 bits per heavy atom. The lowest BCUT2D eigenvalue weighted by Gasteiger charge is -1.96. The standard InChI is InChI=1S/C15H12ClN/c1-11-2-7-15-8-13(10-17(15)9-11)12-3-5-14(16)6-4-12/h2-10H,1H3. The van der Waals surface area contributed by atoms with Crippen molar-refractivity contribution in [2.75, 3.05) is 0 Å². The summed E-state index contributed by atoms with van der Waals surface area (Å²) in [5, 5.41) is 0.772. The van der Waals surface area contributed by atoms with Gasteiger partial charge in [-0.05, 0) is 42.3 Å². The Labute approximate surface area is 105 Å². The number of nitrogens with zero attached hydrogens (tertiary/aromatic N) is 1. The van der Waals surface area contributed by atoms with Crippen molar-refractivity contribution in [3.63, 3.8) is 0 Å². The SMILES string of the molecule is Cc1ccc2cc(-c3ccc(Cl)cc3)cn2c1. The number of fused-ring (bicyclic) bond motifs is 1. The zero-order valence-corrected chi connectivity index (χ0v) is 10.3. The first kappa shape index (κ1) is 10.4. The summed E-state index contributed by atoms with van der Waals surface area (Å²) in [6, 6.07) is 14.4. The Hall–Kier alpha value is -1.73. The summed E-state index contributed by atoms with van der Waals surface area (Å²) in [6.07, 6.45) is 4.28. The highest BCUT2D eigenvalue weighted by Gasteiger charge is 2.02. The van der Waals surface area contributed by atoms with Crippen molar-refractivity contribution in [1.82, 2.24) is 4.40 Å². The number of rotatable bonds is 1. The van der Waals surface area contributed by atoms with Gasteiger partial charge in [0.05, 0.1) is 0 Å². The van der Waals surface area contributed by atoms with Crippen molar-refractivity contribution >= 4 is 17.1 Å². The number of benzene rings is 1. The van der Waals surface area contributed by atoms with Crippen LogP contribution in [-0.4, -0.2) is 4.40 Å². The molecule has 17 heavy (non-hydrogen) atoms. The Kier molecular flexibility index (Phi) is 2.41. The molecule has 0 saturated carbocycles. The molecule has 0 bridgehead atoms. The van der Waals surface area contributed by atoms with E-state index in [1.54, 1.807) is 0 Å². The zero-order chi connectivity index (χ0) is 11.8. The van der Waals surface area contributed by atoms with E-state index in [-0.39, 0.29) is 0 Å². The topological polar surface area (TPSA) is 4.41 Å². The number of pyridine rings is 1. The minimum absolute atomic E-state index is 0.772. The molecule has 0 N–H and O–H groups in total. The molecule has 2 heterocycles. The van der Waals surface area contributed by atoms with E-state index in [2.05, 4.69) is 41.9 Å². The lowest BCUT2D eigenvalue weighted by Crippen LogP contribution is -1.81. The predicted octanol–water partition coefficient (Wildman–Crippen LogP) is 4.57. The van der Waals surface area contributed by atoms with E-state index < -0.39 is 0 Å². The quantitative estimate of drug-likeness (QED) is 0.588. The van der Waals surface area contributed by atoms with Crippen molar-refractivity contribution < 1.29 is 0 Å². The van der Waals surface area contributed by atoms with E-state index in [9.17, 15) is 0 Å². The van der Waals surface area contributed by atoms with Gasteiger partial charge in [0.1, 0.15) is 0 Å². The van der Waals surface area contributed by atoms with Crippen LogP contribution in [0.25, 0.3) is 16.6 Å². The van der Waals surface area contributed by atoms with Gasteiger partial charge in [-0.2, -0.15) is 0 Å². The molecule has 0 saturated heterocycles. The molecule has 1 aromatic carbocycles. The summed E-state index contributed by atoms with van der Waals surface area (Å²) in [4.78, 5) is 0. The van der Waals surface area contributed by atoms with Crippen LogP contribution in [0.3, 0.4) is 0 Å². The van der Waals surface area contributed by atoms with Gasteiger partial charge in [-0.3, -0.25) is 0 Å². The molecule has 0 atom stereocenters. The summed E-state index contributed by atoms with van der Waals surface area (Å²) in [7, 11) is 0. The van der Waals surface area contributed by atoms with Gasteiger partial charge in [-0.1, -0.05) is 29.8 Å². The van der Waals surface area contributed by atoms with Crippen LogP contribution in [0.2, 0.25) is 5.02 Å². The van der Waals surface area contributed by atoms with Gasteiger partial charge in [-0.25, -0.2) is 0 Å². The highest BCUT2D eigenvalue weighted by molar-refractivity contribution is 6.30. The molecule has 0 spiro atoms. The van der Waals surface area contributed by atoms with Gasteiger partial charge in [0, 0.05) is 28.5 Å². The lowest BCUT2D eigenvalue weighted by atomic mass is 10.1. The van der Waals surface area contributed by atoms with Crippen LogP contribution >= 0.6 is 11.6 Å². The smallest absolute Gasteiger partial charge is 0.0456 e. The fraction of sp³-hybridized carbons (Fsp3) is 0.0667. The molecule has 0 aliphatic heterocycles. The van der Waals surface area contributed by atoms with Crippen LogP contribution in [0.1, 0.15) is 5.56 Å². The molecule has 0 unspecified atom stereocenters. The minimum Gasteiger partial charge on any atom is -0.323 e. The summed E-state index contributed by atoms with van der Waals surface area (Å²) in [5.74, 6) is 0. The minimum atomic E-state index is 0.772. The molecule has 2 aromatic heterocycles. The second-order valence-electron chi connectivity index (χ2n) is 4.27. The van der Waals surface area contributed by atoms with E-state index in [1.807, 2.05) is 24.3 Å².